The van der Waals surface area contributed by atoms with Gasteiger partial charge in [0.15, 0.2) is 17.0 Å². The van der Waals surface area contributed by atoms with E-state index in [0.29, 0.717) is 17.0 Å². The van der Waals surface area contributed by atoms with Gasteiger partial charge in [-0.2, -0.15) is 0 Å². The number of rotatable bonds is 1. The molecule has 0 unspecified atom stereocenters. The number of aromatic nitrogens is 4. The van der Waals surface area contributed by atoms with Crippen molar-refractivity contribution in [3.63, 3.8) is 0 Å². The molecule has 2 aliphatic heterocycles. The number of nitrogens with two attached hydrogens (primary N) is 1. The fourth-order valence-electron chi connectivity index (χ4n) is 3.23. The number of aliphatic hydroxyl groups excluding tert-OH is 2. The summed E-state index contributed by atoms with van der Waals surface area (Å²) in [7, 11) is 0. The molecular formula is C12H15N5O3. The lowest BCUT2D eigenvalue weighted by Gasteiger charge is -2.27. The molecule has 0 bridgehead atoms. The van der Waals surface area contributed by atoms with Crippen molar-refractivity contribution in [2.45, 2.75) is 31.3 Å². The summed E-state index contributed by atoms with van der Waals surface area (Å²) in [5.41, 5.74) is 7.01. The minimum absolute atomic E-state index is 0.0618. The highest BCUT2D eigenvalue weighted by Crippen LogP contribution is 2.43. The predicted octanol–water partition coefficient (Wildman–Crippen LogP) is -0.779. The minimum atomic E-state index is -0.671. The maximum atomic E-state index is 10.2. The molecule has 2 aromatic rings. The largest absolute Gasteiger partial charge is 0.394 e. The molecule has 4 heterocycles. The lowest BCUT2D eigenvalue weighted by molar-refractivity contribution is -0.0480. The maximum Gasteiger partial charge on any atom is 0.167 e. The van der Waals surface area contributed by atoms with Crippen molar-refractivity contribution in [3.8, 4) is 0 Å². The SMILES string of the molecule is Nc1ncnc2c1nc1n2[C@@H]2O[C@H](CO)[C@@H](O)[C@@H]2CC1. The maximum absolute atomic E-state index is 10.2. The first-order valence-electron chi connectivity index (χ1n) is 6.62. The average molecular weight is 277 g/mol. The van der Waals surface area contributed by atoms with Crippen LogP contribution in [0.1, 0.15) is 18.5 Å². The van der Waals surface area contributed by atoms with Crippen LogP contribution < -0.4 is 5.73 Å². The van der Waals surface area contributed by atoms with E-state index in [2.05, 4.69) is 15.0 Å². The molecule has 0 spiro atoms. The van der Waals surface area contributed by atoms with Gasteiger partial charge in [0, 0.05) is 12.3 Å². The van der Waals surface area contributed by atoms with E-state index in [1.165, 1.54) is 6.33 Å². The first-order chi connectivity index (χ1) is 9.70. The molecule has 4 rings (SSSR count). The smallest absolute Gasteiger partial charge is 0.167 e. The quantitative estimate of drug-likeness (QED) is 0.625. The summed E-state index contributed by atoms with van der Waals surface area (Å²) in [5.74, 6) is 1.11. The Bertz CT molecular complexity index is 672. The zero-order valence-electron chi connectivity index (χ0n) is 10.7. The van der Waals surface area contributed by atoms with Gasteiger partial charge in [0.2, 0.25) is 0 Å². The van der Waals surface area contributed by atoms with Gasteiger partial charge in [-0.05, 0) is 6.42 Å². The van der Waals surface area contributed by atoms with Crippen LogP contribution in [0.5, 0.6) is 0 Å². The molecule has 0 aliphatic carbocycles. The van der Waals surface area contributed by atoms with Crippen LogP contribution >= 0.6 is 0 Å². The van der Waals surface area contributed by atoms with Gasteiger partial charge in [-0.15, -0.1) is 0 Å². The van der Waals surface area contributed by atoms with Crippen molar-refractivity contribution >= 4 is 17.0 Å². The van der Waals surface area contributed by atoms with Gasteiger partial charge in [0.1, 0.15) is 24.5 Å². The van der Waals surface area contributed by atoms with Crippen molar-refractivity contribution in [1.29, 1.82) is 0 Å². The summed E-state index contributed by atoms with van der Waals surface area (Å²) in [5, 5.41) is 19.5. The van der Waals surface area contributed by atoms with Crippen LogP contribution in [0, 0.1) is 5.92 Å². The normalized spacial score (nSPS) is 32.3. The van der Waals surface area contributed by atoms with E-state index in [1.807, 2.05) is 4.57 Å². The topological polar surface area (TPSA) is 119 Å². The van der Waals surface area contributed by atoms with Crippen LogP contribution in [0.3, 0.4) is 0 Å². The summed E-state index contributed by atoms with van der Waals surface area (Å²) >= 11 is 0. The van der Waals surface area contributed by atoms with Crippen molar-refractivity contribution in [2.75, 3.05) is 12.3 Å². The molecule has 1 saturated heterocycles. The second kappa shape index (κ2) is 4.11. The van der Waals surface area contributed by atoms with Crippen LogP contribution in [0.2, 0.25) is 0 Å². The summed E-state index contributed by atoms with van der Waals surface area (Å²) in [6.45, 7) is -0.201. The third-order valence-corrected chi connectivity index (χ3v) is 4.21. The molecule has 2 aliphatic rings. The zero-order valence-corrected chi connectivity index (χ0v) is 10.7. The van der Waals surface area contributed by atoms with Crippen LogP contribution in [0.15, 0.2) is 6.33 Å². The summed E-state index contributed by atoms with van der Waals surface area (Å²) in [4.78, 5) is 12.7. The van der Waals surface area contributed by atoms with E-state index in [0.717, 1.165) is 18.7 Å². The number of aliphatic hydroxyl groups is 2. The van der Waals surface area contributed by atoms with Gasteiger partial charge >= 0.3 is 0 Å². The summed E-state index contributed by atoms with van der Waals surface area (Å²) < 4.78 is 7.66. The van der Waals surface area contributed by atoms with E-state index in [9.17, 15) is 10.2 Å². The molecule has 0 saturated carbocycles. The van der Waals surface area contributed by atoms with Gasteiger partial charge in [-0.3, -0.25) is 4.57 Å². The molecule has 8 heteroatoms. The van der Waals surface area contributed by atoms with E-state index in [4.69, 9.17) is 10.5 Å². The van der Waals surface area contributed by atoms with Crippen LogP contribution in [0.4, 0.5) is 5.82 Å². The Balaban J connectivity index is 1.88. The molecule has 0 aromatic carbocycles. The molecule has 20 heavy (non-hydrogen) atoms. The van der Waals surface area contributed by atoms with Crippen LogP contribution in [-0.4, -0.2) is 48.5 Å². The lowest BCUT2D eigenvalue weighted by Crippen LogP contribution is -2.31. The van der Waals surface area contributed by atoms with E-state index < -0.39 is 12.2 Å². The number of hydrogen-bond acceptors (Lipinski definition) is 7. The van der Waals surface area contributed by atoms with Gasteiger partial charge < -0.3 is 20.7 Å². The highest BCUT2D eigenvalue weighted by atomic mass is 16.5. The highest BCUT2D eigenvalue weighted by Gasteiger charge is 2.47. The molecule has 8 nitrogen and oxygen atoms in total. The molecule has 106 valence electrons. The number of ether oxygens (including phenoxy) is 1. The van der Waals surface area contributed by atoms with Gasteiger partial charge in [0.25, 0.3) is 0 Å². The Hall–Kier alpha value is -1.77. The van der Waals surface area contributed by atoms with E-state index >= 15 is 0 Å². The molecule has 4 N–H and O–H groups in total. The molecule has 0 radical (unpaired) electrons. The number of imidazole rings is 1. The van der Waals surface area contributed by atoms with Crippen molar-refractivity contribution < 1.29 is 14.9 Å². The third-order valence-electron chi connectivity index (χ3n) is 4.21. The molecule has 4 atom stereocenters. The number of anilines is 1. The minimum Gasteiger partial charge on any atom is -0.394 e. The molecular weight excluding hydrogens is 262 g/mol. The Morgan fingerprint density at radius 1 is 1.45 bits per heavy atom. The average Bonchev–Trinajstić information content (AvgIpc) is 2.98. The third kappa shape index (κ3) is 1.43. The zero-order chi connectivity index (χ0) is 13.9. The summed E-state index contributed by atoms with van der Waals surface area (Å²) in [6.07, 6.45) is 1.28. The fraction of sp³-hybridized carbons (Fsp3) is 0.583. The second-order valence-corrected chi connectivity index (χ2v) is 5.27. The van der Waals surface area contributed by atoms with Crippen molar-refractivity contribution in [3.05, 3.63) is 12.2 Å². The molecule has 0 amide bonds. The number of nitrogens with zero attached hydrogens (tertiary/aromatic N) is 4. The second-order valence-electron chi connectivity index (χ2n) is 5.27. The molecule has 2 aromatic heterocycles. The number of fused-ring (bicyclic) bond motifs is 5. The Morgan fingerprint density at radius 3 is 3.10 bits per heavy atom. The van der Waals surface area contributed by atoms with Crippen LogP contribution in [0.25, 0.3) is 11.2 Å². The van der Waals surface area contributed by atoms with Gasteiger partial charge in [-0.1, -0.05) is 0 Å². The fourth-order valence-corrected chi connectivity index (χ4v) is 3.23. The predicted molar refractivity (Wildman–Crippen MR) is 68.5 cm³/mol. The first-order valence-corrected chi connectivity index (χ1v) is 6.62. The summed E-state index contributed by atoms with van der Waals surface area (Å²) in [6, 6.07) is 0. The standard InChI is InChI=1S/C12H15N5O3/c13-10-8-11(15-4-14-10)17-7(16-8)2-1-5-9(19)6(3-18)20-12(5)17/h4-6,9,12,18-19H,1-3H2,(H2,13,14,15)/t5-,6+,9-,12+/m0/s1. The van der Waals surface area contributed by atoms with Crippen molar-refractivity contribution in [1.82, 2.24) is 19.5 Å². The van der Waals surface area contributed by atoms with Crippen LogP contribution in [-0.2, 0) is 11.2 Å². The molecule has 1 fully saturated rings. The van der Waals surface area contributed by atoms with Crippen molar-refractivity contribution in [2.24, 2.45) is 5.92 Å². The van der Waals surface area contributed by atoms with Gasteiger partial charge in [0.05, 0.1) is 12.7 Å². The monoisotopic (exact) mass is 277 g/mol. The Kier molecular flexibility index (Phi) is 2.47. The van der Waals surface area contributed by atoms with Gasteiger partial charge in [-0.25, -0.2) is 15.0 Å². The van der Waals surface area contributed by atoms with E-state index in [-0.39, 0.29) is 18.8 Å². The number of nitrogen functional groups attached to an aromatic ring is 1. The van der Waals surface area contributed by atoms with E-state index in [1.54, 1.807) is 0 Å². The number of aryl methyl sites for hydroxylation is 1. The first kappa shape index (κ1) is 12.0. The Morgan fingerprint density at radius 2 is 2.30 bits per heavy atom. The highest BCUT2D eigenvalue weighted by molar-refractivity contribution is 5.82. The Labute approximate surface area is 114 Å². The lowest BCUT2D eigenvalue weighted by atomic mass is 9.92. The number of hydrogen-bond donors (Lipinski definition) is 3.